The zero-order valence-corrected chi connectivity index (χ0v) is 11.3. The van der Waals surface area contributed by atoms with Crippen LogP contribution in [0.5, 0.6) is 0 Å². The van der Waals surface area contributed by atoms with Crippen molar-refractivity contribution in [2.45, 2.75) is 19.4 Å². The molecule has 90 valence electrons. The van der Waals surface area contributed by atoms with Gasteiger partial charge in [0.1, 0.15) is 5.82 Å². The van der Waals surface area contributed by atoms with Crippen molar-refractivity contribution in [2.24, 2.45) is 0 Å². The molecule has 3 nitrogen and oxygen atoms in total. The van der Waals surface area contributed by atoms with Gasteiger partial charge < -0.3 is 5.32 Å². The maximum atomic E-state index is 5.92. The summed E-state index contributed by atoms with van der Waals surface area (Å²) in [6.45, 7) is 1.98. The summed E-state index contributed by atoms with van der Waals surface area (Å²) in [6, 6.07) is 4.10. The number of hydrogen-bond donors (Lipinski definition) is 1. The lowest BCUT2D eigenvalue weighted by atomic mass is 10.1. The van der Waals surface area contributed by atoms with Crippen LogP contribution >= 0.6 is 22.9 Å². The van der Waals surface area contributed by atoms with Gasteiger partial charge in [-0.1, -0.05) is 11.6 Å². The zero-order valence-electron chi connectivity index (χ0n) is 9.77. The van der Waals surface area contributed by atoms with Crippen LogP contribution in [0.15, 0.2) is 24.5 Å². The molecule has 17 heavy (non-hydrogen) atoms. The second-order valence-electron chi connectivity index (χ2n) is 3.87. The van der Waals surface area contributed by atoms with Crippen LogP contribution in [0.4, 0.5) is 0 Å². The molecule has 2 aromatic rings. The first-order chi connectivity index (χ1) is 8.19. The van der Waals surface area contributed by atoms with E-state index in [1.165, 1.54) is 4.88 Å². The number of nitrogens with one attached hydrogen (secondary N) is 1. The summed E-state index contributed by atoms with van der Waals surface area (Å²) in [5.74, 6) is 0.822. The third kappa shape index (κ3) is 3.25. The largest absolute Gasteiger partial charge is 0.310 e. The van der Waals surface area contributed by atoms with Crippen LogP contribution < -0.4 is 5.32 Å². The van der Waals surface area contributed by atoms with Crippen molar-refractivity contribution in [3.63, 3.8) is 0 Å². The van der Waals surface area contributed by atoms with Crippen molar-refractivity contribution >= 4 is 22.9 Å². The van der Waals surface area contributed by atoms with Crippen LogP contribution in [-0.4, -0.2) is 17.0 Å². The fraction of sp³-hybridized carbons (Fsp3) is 0.333. The summed E-state index contributed by atoms with van der Waals surface area (Å²) in [6.07, 6.45) is 4.54. The van der Waals surface area contributed by atoms with Gasteiger partial charge in [0.15, 0.2) is 0 Å². The van der Waals surface area contributed by atoms with E-state index in [9.17, 15) is 0 Å². The molecule has 0 aliphatic carbocycles. The Balaban J connectivity index is 2.13. The van der Waals surface area contributed by atoms with Gasteiger partial charge in [0.25, 0.3) is 0 Å². The fourth-order valence-corrected chi connectivity index (χ4v) is 2.70. The predicted octanol–water partition coefficient (Wildman–Crippen LogP) is 3.00. The lowest BCUT2D eigenvalue weighted by Crippen LogP contribution is -2.20. The molecule has 1 N–H and O–H groups in total. The lowest BCUT2D eigenvalue weighted by molar-refractivity contribution is 0.560. The van der Waals surface area contributed by atoms with Gasteiger partial charge in [0.05, 0.1) is 10.4 Å². The topological polar surface area (TPSA) is 37.8 Å². The van der Waals surface area contributed by atoms with Gasteiger partial charge in [-0.2, -0.15) is 0 Å². The van der Waals surface area contributed by atoms with E-state index in [1.807, 2.05) is 38.5 Å². The molecule has 0 aromatic carbocycles. The molecular formula is C12H14ClN3S. The van der Waals surface area contributed by atoms with E-state index in [2.05, 4.69) is 15.3 Å². The highest BCUT2D eigenvalue weighted by molar-refractivity contribution is 7.16. The molecule has 1 atom stereocenters. The molecular weight excluding hydrogens is 254 g/mol. The molecule has 0 aliphatic rings. The highest BCUT2D eigenvalue weighted by atomic mass is 35.5. The second-order valence-corrected chi connectivity index (χ2v) is 5.67. The SMILES string of the molecule is CNC(Cc1ccc(Cl)s1)c1ncc(C)cn1. The van der Waals surface area contributed by atoms with E-state index in [-0.39, 0.29) is 6.04 Å². The minimum Gasteiger partial charge on any atom is -0.310 e. The Labute approximate surface area is 110 Å². The maximum absolute atomic E-state index is 5.92. The van der Waals surface area contributed by atoms with E-state index < -0.39 is 0 Å². The molecule has 0 aliphatic heterocycles. The number of rotatable bonds is 4. The number of aryl methyl sites for hydroxylation is 1. The Hall–Kier alpha value is -0.970. The van der Waals surface area contributed by atoms with Crippen LogP contribution in [0, 0.1) is 6.92 Å². The monoisotopic (exact) mass is 267 g/mol. The summed E-state index contributed by atoms with van der Waals surface area (Å²) in [4.78, 5) is 9.94. The Bertz CT molecular complexity index is 481. The molecule has 0 bridgehead atoms. The Morgan fingerprint density at radius 1 is 1.35 bits per heavy atom. The minimum absolute atomic E-state index is 0.130. The van der Waals surface area contributed by atoms with Crippen LogP contribution in [0.3, 0.4) is 0 Å². The summed E-state index contributed by atoms with van der Waals surface area (Å²) < 4.78 is 0.819. The molecule has 2 rings (SSSR count). The molecule has 2 aromatic heterocycles. The highest BCUT2D eigenvalue weighted by Crippen LogP contribution is 2.25. The van der Waals surface area contributed by atoms with E-state index in [1.54, 1.807) is 11.3 Å². The Kier molecular flexibility index (Phi) is 4.10. The van der Waals surface area contributed by atoms with Crippen LogP contribution in [0.1, 0.15) is 22.3 Å². The van der Waals surface area contributed by atoms with Crippen LogP contribution in [0.2, 0.25) is 4.34 Å². The molecule has 0 fully saturated rings. The Morgan fingerprint density at radius 3 is 2.59 bits per heavy atom. The molecule has 0 spiro atoms. The quantitative estimate of drug-likeness (QED) is 0.925. The normalized spacial score (nSPS) is 12.6. The number of thiophene rings is 1. The van der Waals surface area contributed by atoms with Gasteiger partial charge in [-0.15, -0.1) is 11.3 Å². The first-order valence-electron chi connectivity index (χ1n) is 5.39. The lowest BCUT2D eigenvalue weighted by Gasteiger charge is -2.13. The minimum atomic E-state index is 0.130. The van der Waals surface area contributed by atoms with Gasteiger partial charge in [0.2, 0.25) is 0 Å². The van der Waals surface area contributed by atoms with Crippen LogP contribution in [-0.2, 0) is 6.42 Å². The average molecular weight is 268 g/mol. The molecule has 0 saturated heterocycles. The standard InChI is InChI=1S/C12H14ClN3S/c1-8-6-15-12(16-7-8)10(14-2)5-9-3-4-11(13)17-9/h3-4,6-7,10,14H,5H2,1-2H3. The van der Waals surface area contributed by atoms with Crippen molar-refractivity contribution in [1.82, 2.24) is 15.3 Å². The first-order valence-corrected chi connectivity index (χ1v) is 6.58. The van der Waals surface area contributed by atoms with E-state index in [0.717, 1.165) is 22.1 Å². The predicted molar refractivity (Wildman–Crippen MR) is 71.6 cm³/mol. The fourth-order valence-electron chi connectivity index (χ4n) is 1.57. The van der Waals surface area contributed by atoms with Crippen LogP contribution in [0.25, 0.3) is 0 Å². The summed E-state index contributed by atoms with van der Waals surface area (Å²) >= 11 is 7.52. The summed E-state index contributed by atoms with van der Waals surface area (Å²) in [7, 11) is 1.92. The molecule has 5 heteroatoms. The zero-order chi connectivity index (χ0) is 12.3. The average Bonchev–Trinajstić information content (AvgIpc) is 2.73. The smallest absolute Gasteiger partial charge is 0.145 e. The summed E-state index contributed by atoms with van der Waals surface area (Å²) in [5, 5.41) is 3.23. The third-order valence-corrected chi connectivity index (χ3v) is 3.75. The number of nitrogens with zero attached hydrogens (tertiary/aromatic N) is 2. The van der Waals surface area contributed by atoms with E-state index in [4.69, 9.17) is 11.6 Å². The van der Waals surface area contributed by atoms with Crippen molar-refractivity contribution in [2.75, 3.05) is 7.05 Å². The summed E-state index contributed by atoms with van der Waals surface area (Å²) in [5.41, 5.74) is 1.07. The highest BCUT2D eigenvalue weighted by Gasteiger charge is 2.13. The number of hydrogen-bond acceptors (Lipinski definition) is 4. The molecule has 0 amide bonds. The van der Waals surface area contributed by atoms with Crippen molar-refractivity contribution < 1.29 is 0 Å². The first kappa shape index (κ1) is 12.5. The number of aromatic nitrogens is 2. The van der Waals surface area contributed by atoms with Crippen molar-refractivity contribution in [3.05, 3.63) is 45.1 Å². The second kappa shape index (κ2) is 5.58. The van der Waals surface area contributed by atoms with Gasteiger partial charge in [0, 0.05) is 23.7 Å². The van der Waals surface area contributed by atoms with Gasteiger partial charge in [-0.25, -0.2) is 9.97 Å². The Morgan fingerprint density at radius 2 is 2.06 bits per heavy atom. The maximum Gasteiger partial charge on any atom is 0.145 e. The molecule has 0 saturated carbocycles. The molecule has 0 radical (unpaired) electrons. The van der Waals surface area contributed by atoms with E-state index in [0.29, 0.717) is 0 Å². The van der Waals surface area contributed by atoms with Gasteiger partial charge in [-0.05, 0) is 31.7 Å². The number of halogens is 1. The third-order valence-electron chi connectivity index (χ3n) is 2.50. The number of likely N-dealkylation sites (N-methyl/N-ethyl adjacent to an activating group) is 1. The van der Waals surface area contributed by atoms with Crippen molar-refractivity contribution in [1.29, 1.82) is 0 Å². The molecule has 2 heterocycles. The van der Waals surface area contributed by atoms with Gasteiger partial charge >= 0.3 is 0 Å². The van der Waals surface area contributed by atoms with E-state index >= 15 is 0 Å². The van der Waals surface area contributed by atoms with Gasteiger partial charge in [-0.3, -0.25) is 0 Å². The van der Waals surface area contributed by atoms with Crippen molar-refractivity contribution in [3.8, 4) is 0 Å². The molecule has 1 unspecified atom stereocenters.